The molecule has 0 N–H and O–H groups in total. The van der Waals surface area contributed by atoms with Gasteiger partial charge in [-0.25, -0.2) is 0 Å². The van der Waals surface area contributed by atoms with Crippen LogP contribution in [-0.4, -0.2) is 25.0 Å². The van der Waals surface area contributed by atoms with Crippen LogP contribution < -0.4 is 4.74 Å². The molecular weight excluding hydrogens is 280 g/mol. The van der Waals surface area contributed by atoms with Gasteiger partial charge in [-0.1, -0.05) is 18.7 Å². The van der Waals surface area contributed by atoms with Crippen molar-refractivity contribution in [1.29, 1.82) is 0 Å². The lowest BCUT2D eigenvalue weighted by Gasteiger charge is -2.11. The van der Waals surface area contributed by atoms with Gasteiger partial charge in [-0.2, -0.15) is 0 Å². The molecule has 1 aliphatic heterocycles. The normalized spacial score (nSPS) is 20.5. The van der Waals surface area contributed by atoms with Gasteiger partial charge >= 0.3 is 5.97 Å². The monoisotopic (exact) mass is 302 g/mol. The van der Waals surface area contributed by atoms with Gasteiger partial charge in [0.1, 0.15) is 17.6 Å². The number of carbonyl (C=O) groups is 2. The van der Waals surface area contributed by atoms with E-state index in [0.29, 0.717) is 25.7 Å². The molecule has 1 fully saturated rings. The first-order valence-electron chi connectivity index (χ1n) is 7.50. The predicted molar refractivity (Wildman–Crippen MR) is 83.7 cm³/mol. The van der Waals surface area contributed by atoms with E-state index in [1.165, 1.54) is 0 Å². The van der Waals surface area contributed by atoms with Gasteiger partial charge in [0.25, 0.3) is 0 Å². The summed E-state index contributed by atoms with van der Waals surface area (Å²) < 4.78 is 10.5. The molecule has 1 aromatic carbocycles. The third-order valence-electron chi connectivity index (χ3n) is 3.99. The molecule has 1 aliphatic rings. The van der Waals surface area contributed by atoms with E-state index in [2.05, 4.69) is 6.58 Å². The number of cyclic esters (lactones) is 1. The number of rotatable bonds is 7. The van der Waals surface area contributed by atoms with Crippen LogP contribution in [0.2, 0.25) is 0 Å². The van der Waals surface area contributed by atoms with Crippen molar-refractivity contribution in [3.63, 3.8) is 0 Å². The van der Waals surface area contributed by atoms with Crippen LogP contribution in [0.5, 0.6) is 5.75 Å². The minimum Gasteiger partial charge on any atom is -0.497 e. The number of ether oxygens (including phenoxy) is 2. The van der Waals surface area contributed by atoms with E-state index >= 15 is 0 Å². The zero-order valence-electron chi connectivity index (χ0n) is 13.1. The maximum absolute atomic E-state index is 12.0. The van der Waals surface area contributed by atoms with Crippen LogP contribution in [-0.2, 0) is 20.7 Å². The summed E-state index contributed by atoms with van der Waals surface area (Å²) in [5.74, 6) is 0.603. The third kappa shape index (κ3) is 4.20. The fraction of sp³-hybridized carbons (Fsp3) is 0.444. The lowest BCUT2D eigenvalue weighted by atomic mass is 9.93. The number of hydrogen-bond acceptors (Lipinski definition) is 4. The first kappa shape index (κ1) is 16.3. The van der Waals surface area contributed by atoms with Crippen molar-refractivity contribution in [2.75, 3.05) is 7.11 Å². The second-order valence-corrected chi connectivity index (χ2v) is 5.77. The number of carbonyl (C=O) groups excluding carboxylic acids is 2. The highest BCUT2D eigenvalue weighted by molar-refractivity contribution is 5.76. The zero-order valence-corrected chi connectivity index (χ0v) is 13.1. The van der Waals surface area contributed by atoms with Crippen molar-refractivity contribution < 1.29 is 19.1 Å². The molecular formula is C18H22O4. The summed E-state index contributed by atoms with van der Waals surface area (Å²) in [5, 5.41) is 0. The maximum Gasteiger partial charge on any atom is 0.310 e. The standard InChI is InChI=1S/C18H22O4/c1-12(4-5-13(2)19)17-11-15(18(20)22-17)10-14-6-8-16(21-3)9-7-14/h6-9,15,17H,1,4-5,10-11H2,2-3H3. The number of ketones is 1. The van der Waals surface area contributed by atoms with Crippen LogP contribution in [0.1, 0.15) is 31.7 Å². The van der Waals surface area contributed by atoms with Crippen LogP contribution >= 0.6 is 0 Å². The highest BCUT2D eigenvalue weighted by Gasteiger charge is 2.35. The average Bonchev–Trinajstić information content (AvgIpc) is 2.86. The largest absolute Gasteiger partial charge is 0.497 e. The molecule has 1 aromatic rings. The Morgan fingerprint density at radius 2 is 2.00 bits per heavy atom. The molecule has 0 spiro atoms. The summed E-state index contributed by atoms with van der Waals surface area (Å²) in [6.45, 7) is 5.52. The fourth-order valence-electron chi connectivity index (χ4n) is 2.60. The van der Waals surface area contributed by atoms with Crippen LogP contribution in [0, 0.1) is 5.92 Å². The molecule has 1 saturated heterocycles. The van der Waals surface area contributed by atoms with Gasteiger partial charge in [0.05, 0.1) is 13.0 Å². The molecule has 4 nitrogen and oxygen atoms in total. The second-order valence-electron chi connectivity index (χ2n) is 5.77. The first-order valence-corrected chi connectivity index (χ1v) is 7.50. The Hall–Kier alpha value is -2.10. The van der Waals surface area contributed by atoms with E-state index in [9.17, 15) is 9.59 Å². The third-order valence-corrected chi connectivity index (χ3v) is 3.99. The molecule has 22 heavy (non-hydrogen) atoms. The molecule has 4 heteroatoms. The van der Waals surface area contributed by atoms with Crippen molar-refractivity contribution in [1.82, 2.24) is 0 Å². The molecule has 0 aromatic heterocycles. The first-order chi connectivity index (χ1) is 10.5. The molecule has 0 bridgehead atoms. The number of esters is 1. The van der Waals surface area contributed by atoms with E-state index in [1.54, 1.807) is 14.0 Å². The van der Waals surface area contributed by atoms with Crippen LogP contribution in [0.3, 0.4) is 0 Å². The lowest BCUT2D eigenvalue weighted by Crippen LogP contribution is -2.10. The molecule has 2 rings (SSSR count). The SMILES string of the molecule is C=C(CCC(C)=O)C1CC(Cc2ccc(OC)cc2)C(=O)O1. The van der Waals surface area contributed by atoms with Crippen LogP contribution in [0.4, 0.5) is 0 Å². The topological polar surface area (TPSA) is 52.6 Å². The van der Waals surface area contributed by atoms with E-state index in [1.807, 2.05) is 24.3 Å². The predicted octanol–water partition coefficient (Wildman–Crippen LogP) is 3.09. The second kappa shape index (κ2) is 7.25. The number of Topliss-reactive ketones (excluding diaryl/α,β-unsaturated/α-hetero) is 1. The van der Waals surface area contributed by atoms with E-state index in [4.69, 9.17) is 9.47 Å². The Labute approximate surface area is 131 Å². The maximum atomic E-state index is 12.0. The zero-order chi connectivity index (χ0) is 16.1. The Morgan fingerprint density at radius 3 is 2.59 bits per heavy atom. The van der Waals surface area contributed by atoms with E-state index < -0.39 is 0 Å². The van der Waals surface area contributed by atoms with Gasteiger partial charge in [0.15, 0.2) is 0 Å². The fourth-order valence-corrected chi connectivity index (χ4v) is 2.60. The van der Waals surface area contributed by atoms with Crippen molar-refractivity contribution >= 4 is 11.8 Å². The Morgan fingerprint density at radius 1 is 1.32 bits per heavy atom. The van der Waals surface area contributed by atoms with Crippen molar-refractivity contribution in [3.8, 4) is 5.75 Å². The molecule has 2 atom stereocenters. The minimum atomic E-state index is -0.255. The number of methoxy groups -OCH3 is 1. The summed E-state index contributed by atoms with van der Waals surface area (Å²) in [5.41, 5.74) is 1.92. The van der Waals surface area contributed by atoms with Crippen molar-refractivity contribution in [2.24, 2.45) is 5.92 Å². The van der Waals surface area contributed by atoms with E-state index in [-0.39, 0.29) is 23.8 Å². The molecule has 2 unspecified atom stereocenters. The van der Waals surface area contributed by atoms with Gasteiger partial charge in [-0.3, -0.25) is 4.79 Å². The van der Waals surface area contributed by atoms with E-state index in [0.717, 1.165) is 16.9 Å². The van der Waals surface area contributed by atoms with Gasteiger partial charge in [0.2, 0.25) is 0 Å². The molecule has 0 amide bonds. The average molecular weight is 302 g/mol. The summed E-state index contributed by atoms with van der Waals surface area (Å²) in [4.78, 5) is 23.0. The van der Waals surface area contributed by atoms with Crippen molar-refractivity contribution in [2.45, 2.75) is 38.7 Å². The quantitative estimate of drug-likeness (QED) is 0.573. The van der Waals surface area contributed by atoms with Gasteiger partial charge in [0, 0.05) is 12.8 Å². The van der Waals surface area contributed by atoms with Gasteiger partial charge in [-0.05, 0) is 43.0 Å². The number of hydrogen-bond donors (Lipinski definition) is 0. The summed E-state index contributed by atoms with van der Waals surface area (Å²) >= 11 is 0. The molecule has 0 aliphatic carbocycles. The minimum absolute atomic E-state index is 0.125. The molecule has 118 valence electrons. The van der Waals surface area contributed by atoms with Gasteiger partial charge < -0.3 is 14.3 Å². The lowest BCUT2D eigenvalue weighted by molar-refractivity contribution is -0.143. The molecule has 1 heterocycles. The Kier molecular flexibility index (Phi) is 5.36. The summed E-state index contributed by atoms with van der Waals surface area (Å²) in [7, 11) is 1.63. The highest BCUT2D eigenvalue weighted by Crippen LogP contribution is 2.30. The van der Waals surface area contributed by atoms with Gasteiger partial charge in [-0.15, -0.1) is 0 Å². The van der Waals surface area contributed by atoms with Crippen LogP contribution in [0.25, 0.3) is 0 Å². The highest BCUT2D eigenvalue weighted by atomic mass is 16.6. The Bertz CT molecular complexity index is 559. The summed E-state index contributed by atoms with van der Waals surface area (Å²) in [6, 6.07) is 7.70. The van der Waals surface area contributed by atoms with Crippen molar-refractivity contribution in [3.05, 3.63) is 42.0 Å². The molecule has 0 saturated carbocycles. The summed E-state index contributed by atoms with van der Waals surface area (Å²) in [6.07, 6.45) is 2.08. The smallest absolute Gasteiger partial charge is 0.310 e. The molecule has 0 radical (unpaired) electrons. The van der Waals surface area contributed by atoms with Crippen LogP contribution in [0.15, 0.2) is 36.4 Å². The number of benzene rings is 1. The Balaban J connectivity index is 1.91.